The van der Waals surface area contributed by atoms with Crippen LogP contribution in [0, 0.1) is 5.82 Å². The van der Waals surface area contributed by atoms with Gasteiger partial charge in [-0.05, 0) is 36.4 Å². The fourth-order valence-corrected chi connectivity index (χ4v) is 2.60. The summed E-state index contributed by atoms with van der Waals surface area (Å²) in [4.78, 5) is 15.3. The summed E-state index contributed by atoms with van der Waals surface area (Å²) in [6.45, 7) is 3.30. The van der Waals surface area contributed by atoms with E-state index in [1.54, 1.807) is 0 Å². The van der Waals surface area contributed by atoms with E-state index in [0.717, 1.165) is 18.2 Å². The van der Waals surface area contributed by atoms with Gasteiger partial charge in [-0.25, -0.2) is 9.37 Å². The van der Waals surface area contributed by atoms with Gasteiger partial charge in [0.05, 0.1) is 11.4 Å². The minimum absolute atomic E-state index is 0.0848. The summed E-state index contributed by atoms with van der Waals surface area (Å²) >= 11 is 5.85. The molecule has 0 aliphatic carbocycles. The van der Waals surface area contributed by atoms with E-state index in [1.807, 2.05) is 0 Å². The Hall–Kier alpha value is -3.53. The molecule has 0 aliphatic rings. The van der Waals surface area contributed by atoms with E-state index in [-0.39, 0.29) is 27.8 Å². The molecule has 1 amide bonds. The number of nitrogens with one attached hydrogen (secondary N) is 2. The number of hydrogen-bond donors (Lipinski definition) is 2. The summed E-state index contributed by atoms with van der Waals surface area (Å²) < 4.78 is 54.4. The molecule has 0 unspecified atom stereocenters. The Labute approximate surface area is 172 Å². The second kappa shape index (κ2) is 8.46. The molecule has 0 spiro atoms. The minimum Gasteiger partial charge on any atom is -0.353 e. The summed E-state index contributed by atoms with van der Waals surface area (Å²) in [7, 11) is 0. The van der Waals surface area contributed by atoms with Crippen molar-refractivity contribution in [3.8, 4) is 11.3 Å². The Morgan fingerprint density at radius 3 is 2.60 bits per heavy atom. The summed E-state index contributed by atoms with van der Waals surface area (Å²) in [5.41, 5.74) is -1.87. The molecule has 0 fully saturated rings. The highest BCUT2D eigenvalue weighted by atomic mass is 35.5. The second-order valence-corrected chi connectivity index (χ2v) is 6.30. The van der Waals surface area contributed by atoms with Gasteiger partial charge in [0.2, 0.25) is 5.91 Å². The topological polar surface area (TPSA) is 79.8 Å². The fourth-order valence-electron chi connectivity index (χ4n) is 2.43. The molecule has 30 heavy (non-hydrogen) atoms. The molecule has 154 valence electrons. The highest BCUT2D eigenvalue weighted by Gasteiger charge is 2.37. The van der Waals surface area contributed by atoms with Gasteiger partial charge >= 0.3 is 6.18 Å². The van der Waals surface area contributed by atoms with Crippen molar-refractivity contribution in [2.75, 3.05) is 10.6 Å². The molecule has 11 heteroatoms. The predicted molar refractivity (Wildman–Crippen MR) is 104 cm³/mol. The molecule has 0 radical (unpaired) electrons. The van der Waals surface area contributed by atoms with Crippen LogP contribution in [0.3, 0.4) is 0 Å². The zero-order chi connectivity index (χ0) is 21.9. The monoisotopic (exact) mass is 437 g/mol. The highest BCUT2D eigenvalue weighted by Crippen LogP contribution is 2.36. The van der Waals surface area contributed by atoms with Crippen LogP contribution in [0.2, 0.25) is 5.02 Å². The molecule has 3 aromatic rings. The van der Waals surface area contributed by atoms with Gasteiger partial charge in [-0.15, -0.1) is 10.2 Å². The minimum atomic E-state index is -4.83. The molecule has 0 atom stereocenters. The van der Waals surface area contributed by atoms with Crippen molar-refractivity contribution in [3.63, 3.8) is 0 Å². The second-order valence-electron chi connectivity index (χ2n) is 5.86. The van der Waals surface area contributed by atoms with Crippen LogP contribution in [0.4, 0.5) is 34.8 Å². The number of hydrogen-bond acceptors (Lipinski definition) is 5. The molecule has 0 saturated carbocycles. The van der Waals surface area contributed by atoms with Gasteiger partial charge in [-0.1, -0.05) is 18.2 Å². The number of nitrogens with zero attached hydrogens (tertiary/aromatic N) is 3. The lowest BCUT2D eigenvalue weighted by Crippen LogP contribution is -2.13. The van der Waals surface area contributed by atoms with Crippen molar-refractivity contribution in [2.24, 2.45) is 0 Å². The van der Waals surface area contributed by atoms with Gasteiger partial charge in [-0.3, -0.25) is 4.79 Å². The molecule has 0 aliphatic heterocycles. The number of alkyl halides is 3. The van der Waals surface area contributed by atoms with Gasteiger partial charge in [0.25, 0.3) is 0 Å². The Morgan fingerprint density at radius 1 is 1.13 bits per heavy atom. The standard InChI is InChI=1S/C19H12ClF4N5O/c1-2-17(30)27-16-8-11(5-6-25-16)26-15-9-14(28-29-18(15)19(22,23)24)12-7-10(20)3-4-13(12)21/h2-9H,1H2,(H2,25,26,27,28,30). The number of amides is 1. The van der Waals surface area contributed by atoms with Crippen molar-refractivity contribution >= 4 is 34.7 Å². The largest absolute Gasteiger partial charge is 0.437 e. The van der Waals surface area contributed by atoms with E-state index in [1.165, 1.54) is 30.5 Å². The van der Waals surface area contributed by atoms with Crippen LogP contribution >= 0.6 is 11.6 Å². The number of pyridine rings is 1. The maximum absolute atomic E-state index is 14.1. The van der Waals surface area contributed by atoms with E-state index in [9.17, 15) is 22.4 Å². The van der Waals surface area contributed by atoms with E-state index in [0.29, 0.717) is 0 Å². The number of rotatable bonds is 5. The van der Waals surface area contributed by atoms with Gasteiger partial charge in [-0.2, -0.15) is 13.2 Å². The van der Waals surface area contributed by atoms with E-state index in [4.69, 9.17) is 11.6 Å². The first kappa shape index (κ1) is 21.2. The lowest BCUT2D eigenvalue weighted by Gasteiger charge is -2.15. The van der Waals surface area contributed by atoms with Crippen molar-refractivity contribution in [2.45, 2.75) is 6.18 Å². The van der Waals surface area contributed by atoms with E-state index in [2.05, 4.69) is 32.4 Å². The molecule has 2 heterocycles. The van der Waals surface area contributed by atoms with Crippen LogP contribution in [0.5, 0.6) is 0 Å². The SMILES string of the molecule is C=CC(=O)Nc1cc(Nc2cc(-c3cc(Cl)ccc3F)nnc2C(F)(F)F)ccn1. The van der Waals surface area contributed by atoms with Crippen LogP contribution in [0.25, 0.3) is 11.3 Å². The Bertz CT molecular complexity index is 1120. The van der Waals surface area contributed by atoms with Crippen LogP contribution in [-0.4, -0.2) is 21.1 Å². The maximum atomic E-state index is 14.1. The van der Waals surface area contributed by atoms with Gasteiger partial charge in [0.1, 0.15) is 11.6 Å². The fraction of sp³-hybridized carbons (Fsp3) is 0.0526. The zero-order valence-electron chi connectivity index (χ0n) is 15.0. The summed E-state index contributed by atoms with van der Waals surface area (Å²) in [5, 5.41) is 11.9. The molecule has 0 bridgehead atoms. The quantitative estimate of drug-likeness (QED) is 0.422. The van der Waals surface area contributed by atoms with Crippen molar-refractivity contribution in [3.05, 3.63) is 71.8 Å². The third-order valence-electron chi connectivity index (χ3n) is 3.74. The van der Waals surface area contributed by atoms with Gasteiger partial charge in [0.15, 0.2) is 5.69 Å². The average Bonchev–Trinajstić information content (AvgIpc) is 2.69. The molecule has 3 rings (SSSR count). The molecule has 0 saturated heterocycles. The Balaban J connectivity index is 2.04. The van der Waals surface area contributed by atoms with Crippen LogP contribution in [-0.2, 0) is 11.0 Å². The number of carbonyl (C=O) groups excluding carboxylic acids is 1. The van der Waals surface area contributed by atoms with Crippen molar-refractivity contribution < 1.29 is 22.4 Å². The predicted octanol–water partition coefficient (Wildman–Crippen LogP) is 5.22. The third kappa shape index (κ3) is 4.90. The number of carbonyl (C=O) groups is 1. The Morgan fingerprint density at radius 2 is 1.90 bits per heavy atom. The maximum Gasteiger partial charge on any atom is 0.437 e. The lowest BCUT2D eigenvalue weighted by molar-refractivity contribution is -0.141. The van der Waals surface area contributed by atoms with Crippen molar-refractivity contribution in [1.29, 1.82) is 0 Å². The average molecular weight is 438 g/mol. The molecular weight excluding hydrogens is 426 g/mol. The first-order chi connectivity index (χ1) is 14.2. The molecular formula is C19H12ClF4N5O. The first-order valence-corrected chi connectivity index (χ1v) is 8.62. The molecule has 2 N–H and O–H groups in total. The summed E-state index contributed by atoms with van der Waals surface area (Å²) in [6, 6.07) is 7.29. The lowest BCUT2D eigenvalue weighted by atomic mass is 10.1. The Kier molecular flexibility index (Phi) is 5.97. The molecule has 2 aromatic heterocycles. The van der Waals surface area contributed by atoms with Crippen LogP contribution in [0.1, 0.15) is 5.69 Å². The zero-order valence-corrected chi connectivity index (χ0v) is 15.7. The molecule has 6 nitrogen and oxygen atoms in total. The van der Waals surface area contributed by atoms with Crippen molar-refractivity contribution in [1.82, 2.24) is 15.2 Å². The number of anilines is 3. The molecule has 1 aromatic carbocycles. The van der Waals surface area contributed by atoms with Crippen LogP contribution in [0.15, 0.2) is 55.3 Å². The number of aromatic nitrogens is 3. The van der Waals surface area contributed by atoms with Gasteiger partial charge in [0, 0.05) is 28.5 Å². The van der Waals surface area contributed by atoms with E-state index >= 15 is 0 Å². The summed E-state index contributed by atoms with van der Waals surface area (Å²) in [6.07, 6.45) is -2.53. The number of halogens is 5. The van der Waals surface area contributed by atoms with Crippen LogP contribution < -0.4 is 10.6 Å². The normalized spacial score (nSPS) is 11.1. The first-order valence-electron chi connectivity index (χ1n) is 8.24. The van der Waals surface area contributed by atoms with E-state index < -0.39 is 29.3 Å². The van der Waals surface area contributed by atoms with Gasteiger partial charge < -0.3 is 10.6 Å². The highest BCUT2D eigenvalue weighted by molar-refractivity contribution is 6.30. The smallest absolute Gasteiger partial charge is 0.353 e. The third-order valence-corrected chi connectivity index (χ3v) is 3.98. The summed E-state index contributed by atoms with van der Waals surface area (Å²) in [5.74, 6) is -1.18. The number of benzene rings is 1.